The highest BCUT2D eigenvalue weighted by atomic mass is 16.5. The number of benzene rings is 2. The van der Waals surface area contributed by atoms with Crippen molar-refractivity contribution in [3.05, 3.63) is 105 Å². The van der Waals surface area contributed by atoms with Crippen LogP contribution in [0.4, 0.5) is 23.8 Å². The van der Waals surface area contributed by atoms with Gasteiger partial charge in [0.05, 0.1) is 12.4 Å². The molecule has 88 heavy (non-hydrogen) atoms. The van der Waals surface area contributed by atoms with Crippen LogP contribution in [0, 0.1) is 19.8 Å². The van der Waals surface area contributed by atoms with Crippen LogP contribution in [0.25, 0.3) is 11.3 Å². The van der Waals surface area contributed by atoms with Crippen LogP contribution in [0.3, 0.4) is 0 Å². The second-order valence-electron chi connectivity index (χ2n) is 24.8. The maximum Gasteiger partial charge on any atom is 0.328 e. The topological polar surface area (TPSA) is 246 Å². The van der Waals surface area contributed by atoms with E-state index in [0.29, 0.717) is 81.8 Å². The molecule has 22 heteroatoms. The van der Waals surface area contributed by atoms with Gasteiger partial charge >= 0.3 is 5.97 Å². The predicted molar refractivity (Wildman–Crippen MR) is 350 cm³/mol. The largest absolute Gasteiger partial charge is 0.478 e. The average Bonchev–Trinajstić information content (AvgIpc) is 4.08. The maximum atomic E-state index is 13.0. The molecule has 0 radical (unpaired) electrons. The van der Waals surface area contributed by atoms with E-state index in [1.54, 1.807) is 15.5 Å². The molecule has 480 valence electrons. The van der Waals surface area contributed by atoms with Gasteiger partial charge in [0.15, 0.2) is 11.3 Å². The summed E-state index contributed by atoms with van der Waals surface area (Å²) in [5.41, 5.74) is 11.1. The lowest BCUT2D eigenvalue weighted by atomic mass is 9.95. The number of ether oxygens (including phenoxy) is 2. The van der Waals surface area contributed by atoms with Crippen molar-refractivity contribution >= 4 is 52.7 Å². The van der Waals surface area contributed by atoms with Crippen molar-refractivity contribution in [2.24, 2.45) is 5.92 Å². The summed E-state index contributed by atoms with van der Waals surface area (Å²) in [4.78, 5) is 60.6. The van der Waals surface area contributed by atoms with Gasteiger partial charge in [0.25, 0.3) is 0 Å². The molecular weight excluding hydrogens is 1110 g/mol. The number of ketones is 1. The highest BCUT2D eigenvalue weighted by Crippen LogP contribution is 2.27. The van der Waals surface area contributed by atoms with Gasteiger partial charge in [-0.05, 0) is 171 Å². The third-order valence-corrected chi connectivity index (χ3v) is 16.4. The number of hydrogen-bond donors (Lipinski definition) is 6. The fourth-order valence-corrected chi connectivity index (χ4v) is 10.9. The Kier molecular flexibility index (Phi) is 26.9. The summed E-state index contributed by atoms with van der Waals surface area (Å²) in [6.45, 7) is 24.0. The molecule has 1 unspecified atom stereocenters. The molecule has 0 bridgehead atoms. The van der Waals surface area contributed by atoms with Gasteiger partial charge in [-0.3, -0.25) is 9.59 Å². The summed E-state index contributed by atoms with van der Waals surface area (Å²) in [6, 6.07) is 13.6. The number of anilines is 4. The molecule has 1 amide bonds. The third kappa shape index (κ3) is 21.3. The van der Waals surface area contributed by atoms with Crippen LogP contribution in [0.15, 0.2) is 60.9 Å². The lowest BCUT2D eigenvalue weighted by Gasteiger charge is -2.23. The monoisotopic (exact) mass is 1210 g/mol. The number of rotatable bonds is 28. The molecule has 3 aliphatic rings. The molecule has 0 spiro atoms. The lowest BCUT2D eigenvalue weighted by Crippen LogP contribution is -2.33. The number of likely N-dealkylation sites (N-methyl/N-ethyl adjacent to an activating group) is 1. The van der Waals surface area contributed by atoms with Crippen LogP contribution in [-0.4, -0.2) is 183 Å². The summed E-state index contributed by atoms with van der Waals surface area (Å²) < 4.78 is 14.6. The fraction of sp³-hybridized carbons (Fsp3) is 0.591. The Balaban J connectivity index is 0.000000224. The second-order valence-corrected chi connectivity index (χ2v) is 24.8. The summed E-state index contributed by atoms with van der Waals surface area (Å²) in [5.74, 6) is 3.35. The van der Waals surface area contributed by atoms with E-state index in [4.69, 9.17) is 34.5 Å². The molecule has 6 aromatic rings. The van der Waals surface area contributed by atoms with Gasteiger partial charge in [-0.1, -0.05) is 70.2 Å². The number of amides is 1. The van der Waals surface area contributed by atoms with Crippen molar-refractivity contribution < 1.29 is 29.0 Å². The number of hydrogen-bond acceptors (Lipinski definition) is 18. The van der Waals surface area contributed by atoms with Crippen molar-refractivity contribution in [3.8, 4) is 0 Å². The molecule has 22 nitrogen and oxygen atoms in total. The Morgan fingerprint density at radius 1 is 0.716 bits per heavy atom. The molecule has 4 aromatic heterocycles. The number of Topliss-reactive ketones (excluding diaryl/α,β-unsaturated/α-hetero) is 1. The van der Waals surface area contributed by atoms with E-state index >= 15 is 0 Å². The number of nitrogens with one attached hydrogen (secondary N) is 5. The van der Waals surface area contributed by atoms with Gasteiger partial charge in [0, 0.05) is 108 Å². The summed E-state index contributed by atoms with van der Waals surface area (Å²) in [5, 5.41) is 34.9. The Hall–Kier alpha value is -7.11. The van der Waals surface area contributed by atoms with E-state index in [2.05, 4.69) is 113 Å². The van der Waals surface area contributed by atoms with Crippen molar-refractivity contribution in [3.63, 3.8) is 0 Å². The van der Waals surface area contributed by atoms with Crippen LogP contribution < -0.4 is 26.6 Å². The van der Waals surface area contributed by atoms with Crippen LogP contribution in [0.2, 0.25) is 0 Å². The van der Waals surface area contributed by atoms with Crippen LogP contribution in [0.1, 0.15) is 149 Å². The number of carboxylic acid groups (broad SMARTS) is 1. The number of carbonyl (C=O) groups is 3. The third-order valence-electron chi connectivity index (χ3n) is 16.4. The zero-order chi connectivity index (χ0) is 63.1. The van der Waals surface area contributed by atoms with E-state index in [1.165, 1.54) is 36.1 Å². The van der Waals surface area contributed by atoms with Crippen molar-refractivity contribution in [2.45, 2.75) is 156 Å². The highest BCUT2D eigenvalue weighted by molar-refractivity contribution is 5.82. The Morgan fingerprint density at radius 2 is 1.25 bits per heavy atom. The van der Waals surface area contributed by atoms with Crippen LogP contribution >= 0.6 is 0 Å². The number of aliphatic carboxylic acids is 1. The second kappa shape index (κ2) is 34.6. The van der Waals surface area contributed by atoms with Gasteiger partial charge in [-0.2, -0.15) is 39.2 Å². The molecule has 3 saturated heterocycles. The van der Waals surface area contributed by atoms with Crippen molar-refractivity contribution in [1.82, 2.24) is 59.2 Å². The number of aromatic nitrogens is 8. The van der Waals surface area contributed by atoms with Gasteiger partial charge in [-0.25, -0.2) is 4.79 Å². The smallest absolute Gasteiger partial charge is 0.328 e. The van der Waals surface area contributed by atoms with E-state index in [0.717, 1.165) is 135 Å². The van der Waals surface area contributed by atoms with Crippen molar-refractivity contribution in [1.29, 1.82) is 0 Å². The number of carbonyl (C=O) groups excluding carboxylic acids is 2. The van der Waals surface area contributed by atoms with E-state index in [1.807, 2.05) is 63.8 Å². The first-order valence-corrected chi connectivity index (χ1v) is 31.9. The van der Waals surface area contributed by atoms with Gasteiger partial charge in [0.2, 0.25) is 29.7 Å². The number of aryl methyl sites for hydroxylation is 3. The van der Waals surface area contributed by atoms with Crippen LogP contribution in [0.5, 0.6) is 0 Å². The first-order valence-electron chi connectivity index (χ1n) is 31.9. The summed E-state index contributed by atoms with van der Waals surface area (Å²) in [7, 11) is 7.78. The standard InChI is InChI=1S/C33H50N8O3.C27H39N7O.C6H11NO2/c1-7-40(30(43)9-8-15-39(5)6)16-12-28(42)20-26-19-25(11-10-24(26)4)21-34-33-38-32(36-27-13-17-44-18-14-27)37-31-29(23(2)3)22-35-41(31)33;1-18(2)24-17-30-34-25(24)32-26(31-23-9-12-35-13-10-23)33-27(34)29-16-21-5-4-19(3)22(14-21)7-6-20-8-11-28-15-20;1-7(2)5-3-4-6(8)9/h10-11,19,22-23,27H,7-9,12-18,20-21H2,1-6H3,(H2,34,36,37,38);4-5,14,17-18,20,23,28H,6-13,15-16H2,1-3H3,(H2,29,31,32,33);3-4H,5H2,1-2H3,(H,8,9)/b;;4-3+. The average molecular weight is 1210 g/mol. The number of nitrogens with zero attached hydrogens (tertiary/aromatic N) is 11. The molecule has 3 fully saturated rings. The molecule has 9 rings (SSSR count). The minimum atomic E-state index is -0.892. The fourth-order valence-electron chi connectivity index (χ4n) is 10.9. The van der Waals surface area contributed by atoms with Crippen LogP contribution in [-0.2, 0) is 49.8 Å². The Bertz CT molecular complexity index is 3190. The minimum Gasteiger partial charge on any atom is -0.478 e. The molecule has 1 atom stereocenters. The maximum absolute atomic E-state index is 13.0. The SMILES string of the molecule is CCN(CCC(=O)Cc1cc(CNc2nc(NC3CCOCC3)nc3c(C(C)C)cnn23)ccc1C)C(=O)CCCN(C)C.CN(C)C/C=C/C(=O)O.Cc1ccc(CNc2nc(NC3CCOCC3)nc3c(C(C)C)cnn23)cc1CCC1CCNC1. The van der Waals surface area contributed by atoms with Gasteiger partial charge < -0.3 is 55.9 Å². The van der Waals surface area contributed by atoms with Crippen molar-refractivity contribution in [2.75, 3.05) is 115 Å². The zero-order valence-electron chi connectivity index (χ0n) is 54.3. The molecule has 7 heterocycles. The Labute approximate surface area is 521 Å². The predicted octanol–water partition coefficient (Wildman–Crippen LogP) is 8.94. The lowest BCUT2D eigenvalue weighted by molar-refractivity contribution is -0.132. The first-order chi connectivity index (χ1) is 42.3. The molecule has 3 aliphatic heterocycles. The zero-order valence-corrected chi connectivity index (χ0v) is 54.3. The summed E-state index contributed by atoms with van der Waals surface area (Å²) >= 11 is 0. The number of fused-ring (bicyclic) bond motifs is 2. The number of carboxylic acids is 1. The molecule has 6 N–H and O–H groups in total. The molecule has 0 saturated carbocycles. The van der Waals surface area contributed by atoms with Gasteiger partial charge in [-0.15, -0.1) is 0 Å². The van der Waals surface area contributed by atoms with E-state index < -0.39 is 5.97 Å². The summed E-state index contributed by atoms with van der Waals surface area (Å²) in [6.07, 6.45) is 16.0. The van der Waals surface area contributed by atoms with E-state index in [-0.39, 0.29) is 23.7 Å². The van der Waals surface area contributed by atoms with E-state index in [9.17, 15) is 14.4 Å². The Morgan fingerprint density at radius 3 is 1.73 bits per heavy atom. The minimum absolute atomic E-state index is 0.119. The first kappa shape index (κ1) is 68.4. The molecule has 2 aromatic carbocycles. The molecular formula is C66H100N16O6. The highest BCUT2D eigenvalue weighted by Gasteiger charge is 2.23. The normalized spacial score (nSPS) is 15.7. The van der Waals surface area contributed by atoms with Gasteiger partial charge in [0.1, 0.15) is 5.78 Å². The molecule has 0 aliphatic carbocycles. The quantitative estimate of drug-likeness (QED) is 0.0251.